The van der Waals surface area contributed by atoms with Crippen molar-refractivity contribution in [2.75, 3.05) is 53.0 Å². The number of likely N-dealkylation sites (N-methyl/N-ethyl adjacent to an activating group) is 2. The molecule has 0 aliphatic carbocycles. The monoisotopic (exact) mass is 880 g/mol. The first-order chi connectivity index (χ1) is 28.4. The molecule has 60 heavy (non-hydrogen) atoms. The first-order valence-corrected chi connectivity index (χ1v) is 24.4. The van der Waals surface area contributed by atoms with Crippen LogP contribution in [0.5, 0.6) is 0 Å². The highest BCUT2D eigenvalue weighted by Gasteiger charge is 2.43. The summed E-state index contributed by atoms with van der Waals surface area (Å²) in [5.74, 6) is -0.922. The van der Waals surface area contributed by atoms with Crippen LogP contribution in [0.1, 0.15) is 113 Å². The molecule has 1 aliphatic heterocycles. The Balaban J connectivity index is 2.24. The van der Waals surface area contributed by atoms with Crippen LogP contribution < -0.4 is 0 Å². The zero-order valence-electron chi connectivity index (χ0n) is 38.8. The number of hydrogen-bond donors (Lipinski definition) is 1. The summed E-state index contributed by atoms with van der Waals surface area (Å²) < 4.78 is 17.5. The number of likely N-dealkylation sites (tertiary alicyclic amines) is 1. The fourth-order valence-corrected chi connectivity index (χ4v) is 10.2. The van der Waals surface area contributed by atoms with Gasteiger partial charge in [-0.2, -0.15) is 0 Å². The highest BCUT2D eigenvalue weighted by molar-refractivity contribution is 8.76. The zero-order valence-corrected chi connectivity index (χ0v) is 40.4. The molecule has 0 aromatic heterocycles. The minimum atomic E-state index is -0.781. The number of aliphatic hydroxyl groups is 1. The van der Waals surface area contributed by atoms with Crippen LogP contribution in [0.4, 0.5) is 4.79 Å². The van der Waals surface area contributed by atoms with Gasteiger partial charge in [0.1, 0.15) is 12.4 Å². The Morgan fingerprint density at radius 3 is 2.03 bits per heavy atom. The van der Waals surface area contributed by atoms with E-state index in [0.29, 0.717) is 25.1 Å². The summed E-state index contributed by atoms with van der Waals surface area (Å²) in [6.07, 6.45) is -0.241. The summed E-state index contributed by atoms with van der Waals surface area (Å²) >= 11 is 0. The number of carbonyl (C=O) groups excluding carboxylic acids is 5. The predicted molar refractivity (Wildman–Crippen MR) is 243 cm³/mol. The van der Waals surface area contributed by atoms with Gasteiger partial charge in [0.05, 0.1) is 42.9 Å². The number of Topliss-reactive ketones (excluding diaryl/α,β-unsaturated/α-hetero) is 2. The molecule has 1 saturated heterocycles. The van der Waals surface area contributed by atoms with Gasteiger partial charge in [0.2, 0.25) is 11.8 Å². The quantitative estimate of drug-likeness (QED) is 0.0680. The molecule has 0 saturated carbocycles. The van der Waals surface area contributed by atoms with Crippen molar-refractivity contribution in [3.8, 4) is 0 Å². The maximum absolute atomic E-state index is 14.5. The molecular weight excluding hydrogens is 803 g/mol. The van der Waals surface area contributed by atoms with Crippen LogP contribution in [-0.2, 0) is 33.4 Å². The third kappa shape index (κ3) is 15.0. The molecule has 1 heterocycles. The SMILES string of the molecule is CCSSCCOC(=O)N(C)[C@H](C(=O)C[C@H](C(=O)N(C)[C@@H]([C@@H](C)CC)[C@@H](CC(=O)N1CCC[C@H]1[C@H](OC)[C@@H](C)C(=O)C[C@H](C)[C@@H](O)c1ccccc1)OC)C(C)C)C(C)C. The van der Waals surface area contributed by atoms with Gasteiger partial charge in [0, 0.05) is 71.0 Å². The third-order valence-corrected chi connectivity index (χ3v) is 14.8. The number of ketones is 2. The topological polar surface area (TPSA) is 143 Å². The van der Waals surface area contributed by atoms with Crippen molar-refractivity contribution in [2.24, 2.45) is 35.5 Å². The highest BCUT2D eigenvalue weighted by Crippen LogP contribution is 2.33. The van der Waals surface area contributed by atoms with Crippen LogP contribution in [0.15, 0.2) is 30.3 Å². The van der Waals surface area contributed by atoms with Crippen molar-refractivity contribution in [3.63, 3.8) is 0 Å². The van der Waals surface area contributed by atoms with Gasteiger partial charge in [-0.3, -0.25) is 19.2 Å². The van der Waals surface area contributed by atoms with Gasteiger partial charge in [0.15, 0.2) is 5.78 Å². The van der Waals surface area contributed by atoms with Crippen molar-refractivity contribution in [1.82, 2.24) is 14.7 Å². The summed E-state index contributed by atoms with van der Waals surface area (Å²) in [7, 11) is 9.77. The molecule has 0 unspecified atom stereocenters. The predicted octanol–water partition coefficient (Wildman–Crippen LogP) is 7.96. The molecule has 10 atom stereocenters. The molecule has 14 heteroatoms. The Bertz CT molecular complexity index is 1480. The number of ether oxygens (including phenoxy) is 3. The maximum Gasteiger partial charge on any atom is 0.410 e. The van der Waals surface area contributed by atoms with E-state index in [0.717, 1.165) is 17.7 Å². The Labute approximate surface area is 369 Å². The van der Waals surface area contributed by atoms with E-state index in [1.807, 2.05) is 90.6 Å². The second-order valence-corrected chi connectivity index (χ2v) is 20.1. The molecule has 1 fully saturated rings. The summed E-state index contributed by atoms with van der Waals surface area (Å²) in [4.78, 5) is 74.4. The number of rotatable bonds is 27. The fraction of sp³-hybridized carbons (Fsp3) is 0.761. The van der Waals surface area contributed by atoms with E-state index in [1.54, 1.807) is 54.8 Å². The number of carbonyl (C=O) groups is 5. The molecule has 1 N–H and O–H groups in total. The summed E-state index contributed by atoms with van der Waals surface area (Å²) in [6, 6.07) is 7.75. The van der Waals surface area contributed by atoms with Crippen LogP contribution >= 0.6 is 21.6 Å². The average molecular weight is 880 g/mol. The van der Waals surface area contributed by atoms with Crippen molar-refractivity contribution in [3.05, 3.63) is 35.9 Å². The van der Waals surface area contributed by atoms with E-state index >= 15 is 0 Å². The Morgan fingerprint density at radius 2 is 1.48 bits per heavy atom. The second-order valence-electron chi connectivity index (χ2n) is 17.3. The van der Waals surface area contributed by atoms with Crippen LogP contribution in [0.2, 0.25) is 0 Å². The van der Waals surface area contributed by atoms with Crippen molar-refractivity contribution in [1.29, 1.82) is 0 Å². The highest BCUT2D eigenvalue weighted by atomic mass is 33.1. The van der Waals surface area contributed by atoms with Gasteiger partial charge >= 0.3 is 6.09 Å². The van der Waals surface area contributed by atoms with Crippen LogP contribution in [0, 0.1) is 35.5 Å². The molecule has 0 radical (unpaired) electrons. The van der Waals surface area contributed by atoms with Gasteiger partial charge in [-0.25, -0.2) is 4.79 Å². The summed E-state index contributed by atoms with van der Waals surface area (Å²) in [5, 5.41) is 10.9. The Kier molecular flexibility index (Phi) is 23.8. The first kappa shape index (κ1) is 53.5. The molecule has 0 bridgehead atoms. The number of benzene rings is 1. The van der Waals surface area contributed by atoms with Gasteiger partial charge < -0.3 is 34.0 Å². The van der Waals surface area contributed by atoms with Crippen LogP contribution in [-0.4, -0.2) is 133 Å². The minimum Gasteiger partial charge on any atom is -0.448 e. The molecule has 12 nitrogen and oxygen atoms in total. The lowest BCUT2D eigenvalue weighted by molar-refractivity contribution is -0.149. The molecule has 1 aromatic carbocycles. The molecule has 3 amide bonds. The molecule has 1 aromatic rings. The molecule has 342 valence electrons. The largest absolute Gasteiger partial charge is 0.448 e. The van der Waals surface area contributed by atoms with E-state index in [4.69, 9.17) is 14.2 Å². The van der Waals surface area contributed by atoms with E-state index in [9.17, 15) is 29.1 Å². The number of hydrogen-bond acceptors (Lipinski definition) is 11. The lowest BCUT2D eigenvalue weighted by Gasteiger charge is -2.41. The molecule has 0 spiro atoms. The van der Waals surface area contributed by atoms with Crippen LogP contribution in [0.25, 0.3) is 0 Å². The van der Waals surface area contributed by atoms with E-state index in [1.165, 1.54) is 4.90 Å². The molecule has 1 aliphatic rings. The molecular formula is C46H77N3O9S2. The minimum absolute atomic E-state index is 0.0158. The van der Waals surface area contributed by atoms with Gasteiger partial charge in [-0.15, -0.1) is 0 Å². The number of methoxy groups -OCH3 is 2. The van der Waals surface area contributed by atoms with E-state index < -0.39 is 48.3 Å². The first-order valence-electron chi connectivity index (χ1n) is 21.9. The van der Waals surface area contributed by atoms with E-state index in [2.05, 4.69) is 6.92 Å². The number of aliphatic hydroxyl groups excluding tert-OH is 1. The molecule has 2 rings (SSSR count). The standard InChI is InChI=1S/C46H77N3O9S2/c1-14-31(7)42(47(10)45(54)35(29(3)4)27-38(51)41(30(5)6)48(11)46(55)58-24-25-60-59-15-2)39(56-12)28-40(52)49-23-19-22-36(49)44(57-13)33(9)37(50)26-32(8)43(53)34-20-17-16-18-21-34/h16-18,20-21,29-33,35-36,39,41-44,53H,14-15,19,22-28H2,1-13H3/t31-,32-,33-,35-,36-,39+,41-,42-,43+,44+/m0/s1. The Morgan fingerprint density at radius 1 is 0.833 bits per heavy atom. The van der Waals surface area contributed by atoms with E-state index in [-0.39, 0.29) is 79.0 Å². The number of nitrogens with zero attached hydrogens (tertiary/aromatic N) is 3. The normalized spacial score (nSPS) is 18.9. The smallest absolute Gasteiger partial charge is 0.410 e. The lowest BCUT2D eigenvalue weighted by Crippen LogP contribution is -2.54. The average Bonchev–Trinajstić information content (AvgIpc) is 3.71. The lowest BCUT2D eigenvalue weighted by atomic mass is 9.83. The summed E-state index contributed by atoms with van der Waals surface area (Å²) in [6.45, 7) is 18.2. The van der Waals surface area contributed by atoms with Gasteiger partial charge in [-0.1, -0.05) is 121 Å². The Hall–Kier alpha value is -2.65. The number of amides is 3. The van der Waals surface area contributed by atoms with Crippen molar-refractivity contribution >= 4 is 51.1 Å². The van der Waals surface area contributed by atoms with Crippen molar-refractivity contribution < 1.29 is 43.3 Å². The van der Waals surface area contributed by atoms with Crippen LogP contribution in [0.3, 0.4) is 0 Å². The second kappa shape index (κ2) is 26.7. The summed E-state index contributed by atoms with van der Waals surface area (Å²) in [5.41, 5.74) is 0.763. The fourth-order valence-electron chi connectivity index (χ4n) is 8.70. The van der Waals surface area contributed by atoms with Gasteiger partial charge in [-0.05, 0) is 42.1 Å². The third-order valence-electron chi connectivity index (χ3n) is 12.4. The van der Waals surface area contributed by atoms with Crippen molar-refractivity contribution in [2.45, 2.75) is 137 Å². The zero-order chi connectivity index (χ0) is 45.3. The van der Waals surface area contributed by atoms with Gasteiger partial charge in [0.25, 0.3) is 0 Å². The maximum atomic E-state index is 14.5.